The van der Waals surface area contributed by atoms with Gasteiger partial charge >= 0.3 is 0 Å². The molecule has 2 aliphatic rings. The molecule has 6 nitrogen and oxygen atoms in total. The first-order chi connectivity index (χ1) is 23.4. The Morgan fingerprint density at radius 3 is 2.25 bits per heavy atom. The molecule has 0 unspecified atom stereocenters. The van der Waals surface area contributed by atoms with Crippen molar-refractivity contribution >= 4 is 17.3 Å². The fourth-order valence-corrected chi connectivity index (χ4v) is 7.01. The molecule has 0 atom stereocenters. The van der Waals surface area contributed by atoms with Crippen LogP contribution in [0.5, 0.6) is 11.5 Å². The van der Waals surface area contributed by atoms with Gasteiger partial charge in [-0.1, -0.05) is 56.3 Å². The molecule has 2 aliphatic heterocycles. The van der Waals surface area contributed by atoms with E-state index in [9.17, 15) is 4.79 Å². The maximum absolute atomic E-state index is 13.6. The Hall–Kier alpha value is -4.29. The molecule has 1 amide bonds. The molecule has 48 heavy (non-hydrogen) atoms. The van der Waals surface area contributed by atoms with E-state index in [2.05, 4.69) is 117 Å². The van der Waals surface area contributed by atoms with Crippen LogP contribution in [0.3, 0.4) is 0 Å². The topological polar surface area (TPSA) is 54.0 Å². The third-order valence-corrected chi connectivity index (χ3v) is 9.77. The van der Waals surface area contributed by atoms with Crippen LogP contribution in [0.4, 0.5) is 11.4 Å². The number of hydrogen-bond donors (Lipinski definition) is 1. The fraction of sp³-hybridized carbons (Fsp3) is 0.405. The molecule has 0 spiro atoms. The first-order valence-corrected chi connectivity index (χ1v) is 17.9. The predicted octanol–water partition coefficient (Wildman–Crippen LogP) is 9.24. The Balaban J connectivity index is 0.995. The number of amides is 1. The van der Waals surface area contributed by atoms with Crippen LogP contribution in [0.15, 0.2) is 91.0 Å². The smallest absolute Gasteiger partial charge is 0.258 e. The normalized spacial score (nSPS) is 15.2. The minimum atomic E-state index is 0.0693. The van der Waals surface area contributed by atoms with Crippen molar-refractivity contribution in [2.45, 2.75) is 91.0 Å². The Morgan fingerprint density at radius 2 is 1.54 bits per heavy atom. The molecule has 0 saturated carbocycles. The van der Waals surface area contributed by atoms with Crippen LogP contribution in [0.2, 0.25) is 0 Å². The molecule has 4 aromatic rings. The lowest BCUT2D eigenvalue weighted by molar-refractivity contribution is 0.0989. The zero-order valence-electron chi connectivity index (χ0n) is 29.1. The summed E-state index contributed by atoms with van der Waals surface area (Å²) >= 11 is 0. The Bertz CT molecular complexity index is 1640. The number of anilines is 2. The lowest BCUT2D eigenvalue weighted by atomic mass is 9.88. The quantitative estimate of drug-likeness (QED) is 0.157. The van der Waals surface area contributed by atoms with Crippen molar-refractivity contribution in [2.24, 2.45) is 0 Å². The monoisotopic (exact) mass is 645 g/mol. The standard InChI is InChI=1S/C42H51N3O3/c1-5-37(6-2)48-38-18-13-31(14-19-38)28-43-36-17-20-40-35(27-36)23-26-45(40)42(46)34-15-11-32(12-16-34)29-44-24-21-33(22-25-44)39-9-7-8-10-41(39)47-30(3)4/h7-20,27,30,33,37,43H,5-6,21-26,28-29H2,1-4H3. The third-order valence-electron chi connectivity index (χ3n) is 9.77. The van der Waals surface area contributed by atoms with Gasteiger partial charge in [0.1, 0.15) is 11.5 Å². The van der Waals surface area contributed by atoms with Gasteiger partial charge in [-0.25, -0.2) is 0 Å². The van der Waals surface area contributed by atoms with Crippen molar-refractivity contribution in [3.05, 3.63) is 119 Å². The number of nitrogens with one attached hydrogen (secondary N) is 1. The van der Waals surface area contributed by atoms with E-state index >= 15 is 0 Å². The number of benzene rings is 4. The second kappa shape index (κ2) is 15.7. The van der Waals surface area contributed by atoms with Crippen molar-refractivity contribution in [3.63, 3.8) is 0 Å². The maximum atomic E-state index is 13.6. The zero-order chi connectivity index (χ0) is 33.5. The molecule has 1 fully saturated rings. The highest BCUT2D eigenvalue weighted by Crippen LogP contribution is 2.35. The van der Waals surface area contributed by atoms with Crippen LogP contribution in [0.1, 0.15) is 91.9 Å². The van der Waals surface area contributed by atoms with Crippen molar-refractivity contribution in [3.8, 4) is 11.5 Å². The first kappa shape index (κ1) is 33.6. The number of carbonyl (C=O) groups is 1. The van der Waals surface area contributed by atoms with Crippen molar-refractivity contribution < 1.29 is 14.3 Å². The molecule has 0 radical (unpaired) electrons. The molecular weight excluding hydrogens is 594 g/mol. The summed E-state index contributed by atoms with van der Waals surface area (Å²) in [4.78, 5) is 18.0. The van der Waals surface area contributed by atoms with Crippen LogP contribution in [0, 0.1) is 0 Å². The Kier molecular flexibility index (Phi) is 11.0. The average molecular weight is 646 g/mol. The summed E-state index contributed by atoms with van der Waals surface area (Å²) in [5.74, 6) is 2.56. The van der Waals surface area contributed by atoms with E-state index in [1.807, 2.05) is 17.0 Å². The Morgan fingerprint density at radius 1 is 0.833 bits per heavy atom. The van der Waals surface area contributed by atoms with E-state index in [0.717, 1.165) is 86.7 Å². The van der Waals surface area contributed by atoms with Crippen LogP contribution in [-0.4, -0.2) is 42.6 Å². The van der Waals surface area contributed by atoms with Gasteiger partial charge in [0.05, 0.1) is 12.2 Å². The van der Waals surface area contributed by atoms with Crippen molar-refractivity contribution in [1.82, 2.24) is 4.90 Å². The van der Waals surface area contributed by atoms with Crippen LogP contribution in [0.25, 0.3) is 0 Å². The zero-order valence-corrected chi connectivity index (χ0v) is 29.1. The average Bonchev–Trinajstić information content (AvgIpc) is 3.54. The summed E-state index contributed by atoms with van der Waals surface area (Å²) in [5, 5.41) is 3.55. The number of ether oxygens (including phenoxy) is 2. The minimum Gasteiger partial charge on any atom is -0.491 e. The second-order valence-corrected chi connectivity index (χ2v) is 13.6. The molecule has 0 bridgehead atoms. The highest BCUT2D eigenvalue weighted by Gasteiger charge is 2.27. The number of rotatable bonds is 13. The molecule has 0 aromatic heterocycles. The largest absolute Gasteiger partial charge is 0.491 e. The molecule has 6 heteroatoms. The molecule has 4 aromatic carbocycles. The maximum Gasteiger partial charge on any atom is 0.258 e. The Labute approximate surface area is 287 Å². The lowest BCUT2D eigenvalue weighted by Gasteiger charge is -2.33. The van der Waals surface area contributed by atoms with E-state index in [-0.39, 0.29) is 18.1 Å². The summed E-state index contributed by atoms with van der Waals surface area (Å²) in [6.07, 6.45) is 5.59. The summed E-state index contributed by atoms with van der Waals surface area (Å²) in [6.45, 7) is 13.0. The van der Waals surface area contributed by atoms with Gasteiger partial charge in [-0.05, 0) is 136 Å². The first-order valence-electron chi connectivity index (χ1n) is 17.9. The van der Waals surface area contributed by atoms with Crippen molar-refractivity contribution in [2.75, 3.05) is 29.9 Å². The SMILES string of the molecule is CCC(CC)Oc1ccc(CNc2ccc3c(c2)CCN3C(=O)c2ccc(CN3CCC(c4ccccc4OC(C)C)CC3)cc2)cc1. The highest BCUT2D eigenvalue weighted by molar-refractivity contribution is 6.07. The molecule has 2 heterocycles. The van der Waals surface area contributed by atoms with Crippen LogP contribution >= 0.6 is 0 Å². The number of fused-ring (bicyclic) bond motifs is 1. The summed E-state index contributed by atoms with van der Waals surface area (Å²) in [5.41, 5.74) is 7.83. The third kappa shape index (κ3) is 8.22. The van der Waals surface area contributed by atoms with E-state index in [1.54, 1.807) is 0 Å². The molecule has 1 saturated heterocycles. The van der Waals surface area contributed by atoms with E-state index < -0.39 is 0 Å². The van der Waals surface area contributed by atoms with Gasteiger partial charge in [-0.2, -0.15) is 0 Å². The number of hydrogen-bond acceptors (Lipinski definition) is 5. The molecule has 252 valence electrons. The van der Waals surface area contributed by atoms with Gasteiger partial charge in [-0.15, -0.1) is 0 Å². The van der Waals surface area contributed by atoms with Crippen LogP contribution < -0.4 is 19.7 Å². The summed E-state index contributed by atoms with van der Waals surface area (Å²) in [7, 11) is 0. The summed E-state index contributed by atoms with van der Waals surface area (Å²) in [6, 6.07) is 31.5. The number of likely N-dealkylation sites (tertiary alicyclic amines) is 1. The summed E-state index contributed by atoms with van der Waals surface area (Å²) < 4.78 is 12.2. The predicted molar refractivity (Wildman–Crippen MR) is 196 cm³/mol. The fourth-order valence-electron chi connectivity index (χ4n) is 7.01. The van der Waals surface area contributed by atoms with Gasteiger partial charge in [0.25, 0.3) is 5.91 Å². The van der Waals surface area contributed by atoms with Gasteiger partial charge < -0.3 is 19.7 Å². The van der Waals surface area contributed by atoms with Gasteiger partial charge in [0.15, 0.2) is 0 Å². The molecule has 6 rings (SSSR count). The molecular formula is C42H51N3O3. The second-order valence-electron chi connectivity index (χ2n) is 13.6. The van der Waals surface area contributed by atoms with Gasteiger partial charge in [0, 0.05) is 36.6 Å². The highest BCUT2D eigenvalue weighted by atomic mass is 16.5. The molecule has 1 N–H and O–H groups in total. The number of carbonyl (C=O) groups excluding carboxylic acids is 1. The van der Waals surface area contributed by atoms with Gasteiger partial charge in [-0.3, -0.25) is 9.69 Å². The number of piperidine rings is 1. The van der Waals surface area contributed by atoms with E-state index in [0.29, 0.717) is 12.5 Å². The molecule has 0 aliphatic carbocycles. The van der Waals surface area contributed by atoms with E-state index in [4.69, 9.17) is 9.47 Å². The lowest BCUT2D eigenvalue weighted by Crippen LogP contribution is -2.32. The minimum absolute atomic E-state index is 0.0693. The number of nitrogens with zero attached hydrogens (tertiary/aromatic N) is 2. The van der Waals surface area contributed by atoms with Gasteiger partial charge in [0.2, 0.25) is 0 Å². The van der Waals surface area contributed by atoms with Crippen LogP contribution in [-0.2, 0) is 19.5 Å². The van der Waals surface area contributed by atoms with Crippen molar-refractivity contribution in [1.29, 1.82) is 0 Å². The number of para-hydroxylation sites is 1. The van der Waals surface area contributed by atoms with E-state index in [1.165, 1.54) is 22.3 Å².